The number of aromatic nitrogens is 4. The highest BCUT2D eigenvalue weighted by Gasteiger charge is 2.33. The van der Waals surface area contributed by atoms with Gasteiger partial charge < -0.3 is 9.80 Å². The lowest BCUT2D eigenvalue weighted by molar-refractivity contribution is -0.137. The van der Waals surface area contributed by atoms with Gasteiger partial charge in [-0.15, -0.1) is 0 Å². The van der Waals surface area contributed by atoms with Crippen LogP contribution in [0.2, 0.25) is 0 Å². The molecule has 0 aromatic carbocycles. The Morgan fingerprint density at radius 2 is 1.59 bits per heavy atom. The molecular formula is C21H31N7O3S. The van der Waals surface area contributed by atoms with Crippen LogP contribution in [0.25, 0.3) is 5.82 Å². The minimum atomic E-state index is -3.18. The van der Waals surface area contributed by atoms with Gasteiger partial charge in [0, 0.05) is 56.9 Å². The van der Waals surface area contributed by atoms with Gasteiger partial charge in [0.15, 0.2) is 0 Å². The van der Waals surface area contributed by atoms with Crippen LogP contribution in [0.4, 0.5) is 5.82 Å². The van der Waals surface area contributed by atoms with E-state index in [-0.39, 0.29) is 11.8 Å². The lowest BCUT2D eigenvalue weighted by Gasteiger charge is -2.38. The predicted molar refractivity (Wildman–Crippen MR) is 121 cm³/mol. The molecule has 2 aliphatic heterocycles. The quantitative estimate of drug-likeness (QED) is 0.666. The summed E-state index contributed by atoms with van der Waals surface area (Å²) in [5.74, 6) is 2.38. The third-order valence-electron chi connectivity index (χ3n) is 6.50. The molecule has 32 heavy (non-hydrogen) atoms. The molecule has 2 saturated heterocycles. The molecule has 4 rings (SSSR count). The molecule has 2 aliphatic rings. The van der Waals surface area contributed by atoms with E-state index >= 15 is 0 Å². The topological polar surface area (TPSA) is 105 Å². The molecule has 0 bridgehead atoms. The monoisotopic (exact) mass is 461 g/mol. The summed E-state index contributed by atoms with van der Waals surface area (Å²) in [6.07, 6.45) is 4.18. The predicted octanol–water partition coefficient (Wildman–Crippen LogP) is 0.908. The zero-order valence-corrected chi connectivity index (χ0v) is 20.0. The number of anilines is 1. The first-order valence-corrected chi connectivity index (χ1v) is 12.8. The number of nitrogens with zero attached hydrogens (tertiary/aromatic N) is 7. The summed E-state index contributed by atoms with van der Waals surface area (Å²) in [5, 5.41) is 0. The van der Waals surface area contributed by atoms with Crippen LogP contribution in [0, 0.1) is 26.7 Å². The molecule has 0 atom stereocenters. The summed E-state index contributed by atoms with van der Waals surface area (Å²) in [6.45, 7) is 9.38. The van der Waals surface area contributed by atoms with Gasteiger partial charge >= 0.3 is 0 Å². The van der Waals surface area contributed by atoms with Crippen LogP contribution in [0.15, 0.2) is 12.4 Å². The smallest absolute Gasteiger partial charge is 0.225 e. The van der Waals surface area contributed by atoms with E-state index in [0.29, 0.717) is 57.9 Å². The maximum atomic E-state index is 13.0. The van der Waals surface area contributed by atoms with Gasteiger partial charge in [-0.2, -0.15) is 0 Å². The van der Waals surface area contributed by atoms with Gasteiger partial charge in [0.1, 0.15) is 23.8 Å². The van der Waals surface area contributed by atoms with E-state index in [2.05, 4.69) is 19.9 Å². The van der Waals surface area contributed by atoms with Crippen molar-refractivity contribution < 1.29 is 13.2 Å². The van der Waals surface area contributed by atoms with Gasteiger partial charge in [0.2, 0.25) is 15.9 Å². The number of rotatable bonds is 4. The van der Waals surface area contributed by atoms with Gasteiger partial charge in [0.25, 0.3) is 0 Å². The van der Waals surface area contributed by atoms with E-state index in [4.69, 9.17) is 0 Å². The van der Waals surface area contributed by atoms with E-state index in [9.17, 15) is 13.2 Å². The SMILES string of the molecule is Cc1nc(N2CCN(C(=O)C3CCN(S(C)(=O)=O)CC3)CC2)cc(-n2cnc(C)c2C)n1. The summed E-state index contributed by atoms with van der Waals surface area (Å²) < 4.78 is 26.8. The lowest BCUT2D eigenvalue weighted by Crippen LogP contribution is -2.52. The van der Waals surface area contributed by atoms with E-state index in [1.165, 1.54) is 10.6 Å². The largest absolute Gasteiger partial charge is 0.353 e. The first-order chi connectivity index (χ1) is 15.1. The second-order valence-corrected chi connectivity index (χ2v) is 10.6. The Labute approximate surface area is 189 Å². The maximum Gasteiger partial charge on any atom is 0.225 e. The molecule has 11 heteroatoms. The minimum absolute atomic E-state index is 0.0973. The van der Waals surface area contributed by atoms with Crippen LogP contribution in [0.1, 0.15) is 30.1 Å². The summed E-state index contributed by atoms with van der Waals surface area (Å²) in [4.78, 5) is 30.7. The number of piperazine rings is 1. The number of amides is 1. The summed E-state index contributed by atoms with van der Waals surface area (Å²) in [7, 11) is -3.18. The Bertz CT molecular complexity index is 1100. The van der Waals surface area contributed by atoms with E-state index in [0.717, 1.165) is 23.0 Å². The number of aryl methyl sites for hydroxylation is 2. The summed E-state index contributed by atoms with van der Waals surface area (Å²) in [5.41, 5.74) is 2.02. The molecule has 2 fully saturated rings. The zero-order chi connectivity index (χ0) is 23.0. The Kier molecular flexibility index (Phi) is 6.22. The van der Waals surface area contributed by atoms with E-state index in [1.807, 2.05) is 36.3 Å². The fourth-order valence-electron chi connectivity index (χ4n) is 4.40. The fourth-order valence-corrected chi connectivity index (χ4v) is 5.27. The van der Waals surface area contributed by atoms with Crippen molar-refractivity contribution in [2.75, 3.05) is 50.4 Å². The van der Waals surface area contributed by atoms with Crippen LogP contribution >= 0.6 is 0 Å². The van der Waals surface area contributed by atoms with Gasteiger partial charge in [0.05, 0.1) is 11.9 Å². The molecule has 0 aliphatic carbocycles. The number of sulfonamides is 1. The third kappa shape index (κ3) is 4.63. The van der Waals surface area contributed by atoms with Crippen molar-refractivity contribution in [3.63, 3.8) is 0 Å². The number of hydrogen-bond donors (Lipinski definition) is 0. The molecule has 0 saturated carbocycles. The first-order valence-electron chi connectivity index (χ1n) is 11.0. The molecule has 2 aromatic rings. The molecule has 0 unspecified atom stereocenters. The average Bonchev–Trinajstić information content (AvgIpc) is 3.11. The maximum absolute atomic E-state index is 13.0. The van der Waals surface area contributed by atoms with Crippen LogP contribution in [-0.4, -0.2) is 88.6 Å². The number of carbonyl (C=O) groups is 1. The number of imidazole rings is 1. The zero-order valence-electron chi connectivity index (χ0n) is 19.2. The summed E-state index contributed by atoms with van der Waals surface area (Å²) >= 11 is 0. The van der Waals surface area contributed by atoms with Crippen molar-refractivity contribution in [3.05, 3.63) is 29.6 Å². The van der Waals surface area contributed by atoms with Crippen LogP contribution < -0.4 is 4.90 Å². The highest BCUT2D eigenvalue weighted by Crippen LogP contribution is 2.24. The Hall–Kier alpha value is -2.53. The van der Waals surface area contributed by atoms with Gasteiger partial charge in [-0.05, 0) is 33.6 Å². The van der Waals surface area contributed by atoms with Crippen molar-refractivity contribution in [1.29, 1.82) is 0 Å². The molecule has 10 nitrogen and oxygen atoms in total. The Morgan fingerprint density at radius 3 is 2.16 bits per heavy atom. The second-order valence-electron chi connectivity index (χ2n) is 8.67. The van der Waals surface area contributed by atoms with Crippen LogP contribution in [0.3, 0.4) is 0 Å². The van der Waals surface area contributed by atoms with Gasteiger partial charge in [-0.25, -0.2) is 27.7 Å². The normalized spacial score (nSPS) is 18.9. The molecule has 0 spiro atoms. The fraction of sp³-hybridized carbons (Fsp3) is 0.619. The van der Waals surface area contributed by atoms with Crippen LogP contribution in [-0.2, 0) is 14.8 Å². The number of carbonyl (C=O) groups excluding carboxylic acids is 1. The molecular weight excluding hydrogens is 430 g/mol. The molecule has 0 radical (unpaired) electrons. The minimum Gasteiger partial charge on any atom is -0.353 e. The molecule has 174 valence electrons. The molecule has 2 aromatic heterocycles. The van der Waals surface area contributed by atoms with E-state index in [1.54, 1.807) is 6.33 Å². The Balaban J connectivity index is 1.39. The highest BCUT2D eigenvalue weighted by molar-refractivity contribution is 7.88. The average molecular weight is 462 g/mol. The molecule has 0 N–H and O–H groups in total. The molecule has 1 amide bonds. The van der Waals surface area contributed by atoms with Gasteiger partial charge in [-0.1, -0.05) is 0 Å². The number of hydrogen-bond acceptors (Lipinski definition) is 7. The summed E-state index contributed by atoms with van der Waals surface area (Å²) in [6, 6.07) is 1.97. The molecule has 4 heterocycles. The van der Waals surface area contributed by atoms with Crippen molar-refractivity contribution in [2.24, 2.45) is 5.92 Å². The van der Waals surface area contributed by atoms with Gasteiger partial charge in [-0.3, -0.25) is 9.36 Å². The first kappa shape index (κ1) is 22.7. The second kappa shape index (κ2) is 8.78. The van der Waals surface area contributed by atoms with Crippen molar-refractivity contribution in [1.82, 2.24) is 28.7 Å². The van der Waals surface area contributed by atoms with E-state index < -0.39 is 10.0 Å². The van der Waals surface area contributed by atoms with Crippen molar-refractivity contribution >= 4 is 21.7 Å². The van der Waals surface area contributed by atoms with Crippen LogP contribution in [0.5, 0.6) is 0 Å². The Morgan fingerprint density at radius 1 is 0.969 bits per heavy atom. The highest BCUT2D eigenvalue weighted by atomic mass is 32.2. The third-order valence-corrected chi connectivity index (χ3v) is 7.80. The van der Waals surface area contributed by atoms with Crippen molar-refractivity contribution in [3.8, 4) is 5.82 Å². The standard InChI is InChI=1S/C21H31N7O3S/c1-15-16(2)28(14-22-15)20-13-19(23-17(3)24-20)25-9-11-26(12-10-25)21(29)18-5-7-27(8-6-18)32(4,30)31/h13-14,18H,5-12H2,1-4H3. The number of piperidine rings is 1. The van der Waals surface area contributed by atoms with Crippen molar-refractivity contribution in [2.45, 2.75) is 33.6 Å². The lowest BCUT2D eigenvalue weighted by atomic mass is 9.96.